The van der Waals surface area contributed by atoms with E-state index in [2.05, 4.69) is 4.98 Å². The van der Waals surface area contributed by atoms with E-state index >= 15 is 0 Å². The number of carboxylic acids is 1. The summed E-state index contributed by atoms with van der Waals surface area (Å²) < 4.78 is 9.74. The summed E-state index contributed by atoms with van der Waals surface area (Å²) in [5.41, 5.74) is -0.494. The highest BCUT2D eigenvalue weighted by Crippen LogP contribution is 2.36. The van der Waals surface area contributed by atoms with Crippen molar-refractivity contribution in [3.05, 3.63) is 22.7 Å². The first-order valence-corrected chi connectivity index (χ1v) is 3.97. The van der Waals surface area contributed by atoms with Gasteiger partial charge in [-0.05, 0) is 6.07 Å². The number of carbonyl (C=O) groups excluding carboxylic acids is 1. The quantitative estimate of drug-likeness (QED) is 0.677. The molecule has 15 heavy (non-hydrogen) atoms. The van der Waals surface area contributed by atoms with Crippen LogP contribution >= 0.6 is 0 Å². The van der Waals surface area contributed by atoms with Crippen LogP contribution in [0.4, 0.5) is 5.69 Å². The Labute approximate surface area is 85.7 Å². The average molecular weight is 208 g/mol. The fourth-order valence-corrected chi connectivity index (χ4v) is 1.20. The molecule has 0 atom stereocenters. The van der Waals surface area contributed by atoms with Crippen LogP contribution in [0.5, 0.6) is 11.5 Å². The van der Waals surface area contributed by atoms with Gasteiger partial charge < -0.3 is 19.4 Å². The summed E-state index contributed by atoms with van der Waals surface area (Å²) in [6, 6.07) is 2.72. The average Bonchev–Trinajstić information content (AvgIpc) is 2.26. The molecule has 0 amide bonds. The minimum atomic E-state index is -1.50. The number of carboxylic acid groups (broad SMARTS) is 1. The summed E-state index contributed by atoms with van der Waals surface area (Å²) in [6.45, 7) is 0. The molecule has 0 saturated carbocycles. The highest BCUT2D eigenvalue weighted by molar-refractivity contribution is 5.97. The number of rotatable bonds is 3. The van der Waals surface area contributed by atoms with Crippen molar-refractivity contribution in [2.45, 2.75) is 0 Å². The Balaban J connectivity index is 3.53. The lowest BCUT2D eigenvalue weighted by atomic mass is 10.1. The lowest BCUT2D eigenvalue weighted by Gasteiger charge is -2.10. The first-order chi connectivity index (χ1) is 7.15. The molecule has 1 rings (SSSR count). The van der Waals surface area contributed by atoms with Gasteiger partial charge in [-0.2, -0.15) is 0 Å². The summed E-state index contributed by atoms with van der Waals surface area (Å²) in [7, 11) is 2.65. The van der Waals surface area contributed by atoms with Gasteiger partial charge in [-0.25, -0.2) is 0 Å². The lowest BCUT2D eigenvalue weighted by molar-refractivity contribution is -0.255. The smallest absolute Gasteiger partial charge is 0.398 e. The third kappa shape index (κ3) is 1.81. The third-order valence-electron chi connectivity index (χ3n) is 1.84. The zero-order chi connectivity index (χ0) is 11.4. The van der Waals surface area contributed by atoms with Crippen molar-refractivity contribution < 1.29 is 19.4 Å². The maximum atomic E-state index is 10.8. The third-order valence-corrected chi connectivity index (χ3v) is 1.84. The standard InChI is InChI=1S/C9H8N2O4/c1-14-6-4-3-5(11-10)7(9(12)13)8(6)15-2/h3-4H,1-2H3. The first kappa shape index (κ1) is 10.8. The van der Waals surface area contributed by atoms with Gasteiger partial charge in [-0.3, -0.25) is 0 Å². The molecule has 78 valence electrons. The second kappa shape index (κ2) is 4.28. The van der Waals surface area contributed by atoms with Crippen molar-refractivity contribution in [1.29, 1.82) is 5.39 Å². The van der Waals surface area contributed by atoms with Crippen LogP contribution in [-0.2, 0) is 0 Å². The molecule has 0 aliphatic rings. The van der Waals surface area contributed by atoms with Gasteiger partial charge in [0.25, 0.3) is 0 Å². The van der Waals surface area contributed by atoms with Gasteiger partial charge in [0.05, 0.1) is 20.2 Å². The van der Waals surface area contributed by atoms with Crippen molar-refractivity contribution in [1.82, 2.24) is 0 Å². The van der Waals surface area contributed by atoms with Crippen molar-refractivity contribution in [3.8, 4) is 11.5 Å². The molecule has 1 aromatic carbocycles. The van der Waals surface area contributed by atoms with E-state index in [1.807, 2.05) is 0 Å². The zero-order valence-electron chi connectivity index (χ0n) is 8.18. The van der Waals surface area contributed by atoms with Crippen LogP contribution in [0.25, 0.3) is 4.98 Å². The SMILES string of the molecule is COc1ccc([N+]#N)c(C(=O)[O-])c1OC. The topological polar surface area (TPSA) is 86.7 Å². The monoisotopic (exact) mass is 208 g/mol. The van der Waals surface area contributed by atoms with Crippen LogP contribution in [0.15, 0.2) is 12.1 Å². The molecule has 0 N–H and O–H groups in total. The Morgan fingerprint density at radius 2 is 2.07 bits per heavy atom. The Morgan fingerprint density at radius 1 is 1.40 bits per heavy atom. The van der Waals surface area contributed by atoms with Gasteiger partial charge in [-0.15, -0.1) is 0 Å². The number of methoxy groups -OCH3 is 2. The minimum Gasteiger partial charge on any atom is -0.544 e. The van der Waals surface area contributed by atoms with E-state index in [1.54, 1.807) is 0 Å². The maximum Gasteiger partial charge on any atom is 0.398 e. The van der Waals surface area contributed by atoms with Crippen LogP contribution in [0.2, 0.25) is 0 Å². The van der Waals surface area contributed by atoms with Crippen LogP contribution in [0.3, 0.4) is 0 Å². The molecule has 0 aliphatic carbocycles. The maximum absolute atomic E-state index is 10.8. The van der Waals surface area contributed by atoms with Gasteiger partial charge >= 0.3 is 5.69 Å². The summed E-state index contributed by atoms with van der Waals surface area (Å²) >= 11 is 0. The molecule has 6 nitrogen and oxygen atoms in total. The predicted octanol–water partition coefficient (Wildman–Crippen LogP) is 0.552. The van der Waals surface area contributed by atoms with Gasteiger partial charge in [0.15, 0.2) is 16.5 Å². The molecule has 0 radical (unpaired) electrons. The van der Waals surface area contributed by atoms with E-state index in [0.29, 0.717) is 0 Å². The molecule has 1 aromatic rings. The minimum absolute atomic E-state index is 0.0344. The van der Waals surface area contributed by atoms with E-state index in [9.17, 15) is 9.90 Å². The molecule has 0 aliphatic heterocycles. The highest BCUT2D eigenvalue weighted by Gasteiger charge is 2.23. The Kier molecular flexibility index (Phi) is 3.08. The molecule has 0 saturated heterocycles. The number of carbonyl (C=O) groups is 1. The van der Waals surface area contributed by atoms with Gasteiger partial charge in [0.1, 0.15) is 5.56 Å². The van der Waals surface area contributed by atoms with Gasteiger partial charge in [-0.1, -0.05) is 0 Å². The molecule has 0 fully saturated rings. The summed E-state index contributed by atoms with van der Waals surface area (Å²) in [5, 5.41) is 19.4. The van der Waals surface area contributed by atoms with Crippen LogP contribution in [-0.4, -0.2) is 20.2 Å². The molecular weight excluding hydrogens is 200 g/mol. The number of aromatic carboxylic acids is 1. The van der Waals surface area contributed by atoms with Crippen LogP contribution in [0.1, 0.15) is 10.4 Å². The number of benzene rings is 1. The Hall–Kier alpha value is -2.29. The fourth-order valence-electron chi connectivity index (χ4n) is 1.20. The first-order valence-electron chi connectivity index (χ1n) is 3.97. The number of hydrogen-bond donors (Lipinski definition) is 0. The Morgan fingerprint density at radius 3 is 2.47 bits per heavy atom. The lowest BCUT2D eigenvalue weighted by Crippen LogP contribution is -2.23. The number of diazo groups is 1. The van der Waals surface area contributed by atoms with Crippen molar-refractivity contribution in [3.63, 3.8) is 0 Å². The van der Waals surface area contributed by atoms with E-state index in [-0.39, 0.29) is 22.7 Å². The molecule has 0 unspecified atom stereocenters. The Bertz CT molecular complexity index is 436. The normalized spacial score (nSPS) is 9.13. The van der Waals surface area contributed by atoms with Crippen molar-refractivity contribution in [2.75, 3.05) is 14.2 Å². The van der Waals surface area contributed by atoms with E-state index < -0.39 is 5.97 Å². The predicted molar refractivity (Wildman–Crippen MR) is 48.6 cm³/mol. The summed E-state index contributed by atoms with van der Waals surface area (Å²) in [4.78, 5) is 13.6. The molecule has 0 bridgehead atoms. The van der Waals surface area contributed by atoms with Crippen LogP contribution in [0, 0.1) is 5.39 Å². The molecule has 0 aromatic heterocycles. The number of hydrogen-bond acceptors (Lipinski definition) is 5. The van der Waals surface area contributed by atoms with Gasteiger partial charge in [0, 0.05) is 6.07 Å². The molecule has 6 heteroatoms. The zero-order valence-corrected chi connectivity index (χ0v) is 8.18. The van der Waals surface area contributed by atoms with E-state index in [4.69, 9.17) is 14.9 Å². The summed E-state index contributed by atoms with van der Waals surface area (Å²) in [6.07, 6.45) is 0. The largest absolute Gasteiger partial charge is 0.544 e. The second-order valence-electron chi connectivity index (χ2n) is 2.58. The molecule has 0 heterocycles. The highest BCUT2D eigenvalue weighted by atomic mass is 16.5. The van der Waals surface area contributed by atoms with E-state index in [0.717, 1.165) is 0 Å². The second-order valence-corrected chi connectivity index (χ2v) is 2.58. The number of nitrogens with zero attached hydrogens (tertiary/aromatic N) is 2. The molecule has 0 spiro atoms. The van der Waals surface area contributed by atoms with E-state index in [1.165, 1.54) is 26.4 Å². The van der Waals surface area contributed by atoms with Crippen molar-refractivity contribution in [2.24, 2.45) is 0 Å². The molecular formula is C9H8N2O4. The summed E-state index contributed by atoms with van der Waals surface area (Å²) in [5.74, 6) is -1.31. The van der Waals surface area contributed by atoms with Crippen molar-refractivity contribution >= 4 is 11.7 Å². The van der Waals surface area contributed by atoms with Crippen LogP contribution < -0.4 is 14.6 Å². The van der Waals surface area contributed by atoms with Gasteiger partial charge in [0.2, 0.25) is 5.39 Å². The number of ether oxygens (including phenoxy) is 2. The fraction of sp³-hybridized carbons (Fsp3) is 0.222.